The summed E-state index contributed by atoms with van der Waals surface area (Å²) in [4.78, 5) is 5.15. The van der Waals surface area contributed by atoms with E-state index in [1.807, 2.05) is 7.11 Å². The van der Waals surface area contributed by atoms with Gasteiger partial charge in [0.2, 0.25) is 0 Å². The van der Waals surface area contributed by atoms with Crippen molar-refractivity contribution >= 4 is 0 Å². The Hall–Kier alpha value is -0.280. The largest absolute Gasteiger partial charge is 0.380 e. The molecule has 3 aliphatic heterocycles. The lowest BCUT2D eigenvalue weighted by atomic mass is 9.86. The molecule has 3 saturated heterocycles. The van der Waals surface area contributed by atoms with Crippen LogP contribution in [0.5, 0.6) is 0 Å². The van der Waals surface area contributed by atoms with Gasteiger partial charge < -0.3 is 25.6 Å². The Balaban J connectivity index is 1.24. The fourth-order valence-electron chi connectivity index (χ4n) is 5.85. The van der Waals surface area contributed by atoms with Gasteiger partial charge in [0, 0.05) is 57.5 Å². The van der Waals surface area contributed by atoms with Gasteiger partial charge in [-0.2, -0.15) is 0 Å². The van der Waals surface area contributed by atoms with E-state index in [-0.39, 0.29) is 0 Å². The highest BCUT2D eigenvalue weighted by atomic mass is 16.5. The van der Waals surface area contributed by atoms with E-state index in [4.69, 9.17) is 4.74 Å². The molecule has 0 amide bonds. The van der Waals surface area contributed by atoms with Crippen LogP contribution in [0.4, 0.5) is 0 Å². The number of hydrogen-bond donors (Lipinski definition) is 4. The molecule has 0 aromatic heterocycles. The topological polar surface area (TPSA) is 63.8 Å². The van der Waals surface area contributed by atoms with E-state index in [0.29, 0.717) is 36.4 Å². The van der Waals surface area contributed by atoms with Gasteiger partial charge in [-0.05, 0) is 71.6 Å². The van der Waals surface area contributed by atoms with E-state index in [1.165, 1.54) is 71.1 Å². The maximum absolute atomic E-state index is 5.99. The Kier molecular flexibility index (Phi) is 8.20. The maximum Gasteiger partial charge on any atom is 0.0739 e. The lowest BCUT2D eigenvalue weighted by molar-refractivity contribution is -0.0103. The zero-order valence-corrected chi connectivity index (χ0v) is 18.7. The molecule has 7 heteroatoms. The summed E-state index contributed by atoms with van der Waals surface area (Å²) in [5, 5.41) is 15.1. The summed E-state index contributed by atoms with van der Waals surface area (Å²) in [6, 6.07) is 2.50. The molecule has 7 nitrogen and oxygen atoms in total. The smallest absolute Gasteiger partial charge is 0.0739 e. The molecule has 4 rings (SSSR count). The number of methoxy groups -OCH3 is 1. The van der Waals surface area contributed by atoms with Crippen molar-refractivity contribution in [1.82, 2.24) is 31.1 Å². The third kappa shape index (κ3) is 6.12. The predicted molar refractivity (Wildman–Crippen MR) is 118 cm³/mol. The molecule has 4 fully saturated rings. The first-order valence-corrected chi connectivity index (χ1v) is 12.1. The predicted octanol–water partition coefficient (Wildman–Crippen LogP) is 0.179. The number of piperazine rings is 1. The summed E-state index contributed by atoms with van der Waals surface area (Å²) in [7, 11) is 4.14. The van der Waals surface area contributed by atoms with Crippen molar-refractivity contribution in [2.24, 2.45) is 0 Å². The fraction of sp³-hybridized carbons (Fsp3) is 1.00. The minimum absolute atomic E-state index is 0.327. The zero-order chi connectivity index (χ0) is 20.1. The number of nitrogens with one attached hydrogen (secondary N) is 4. The summed E-state index contributed by atoms with van der Waals surface area (Å²) < 4.78 is 5.99. The first-order chi connectivity index (χ1) is 14.2. The summed E-state index contributed by atoms with van der Waals surface area (Å²) in [5.74, 6) is 0. The monoisotopic (exact) mass is 408 g/mol. The van der Waals surface area contributed by atoms with E-state index in [0.717, 1.165) is 19.6 Å². The van der Waals surface area contributed by atoms with Gasteiger partial charge in [0.1, 0.15) is 0 Å². The summed E-state index contributed by atoms with van der Waals surface area (Å²) in [5.41, 5.74) is 0. The molecule has 4 N–H and O–H groups in total. The second-order valence-corrected chi connectivity index (χ2v) is 9.77. The third-order valence-corrected chi connectivity index (χ3v) is 7.75. The van der Waals surface area contributed by atoms with Crippen molar-refractivity contribution in [1.29, 1.82) is 0 Å². The first-order valence-electron chi connectivity index (χ1n) is 12.1. The van der Waals surface area contributed by atoms with Crippen molar-refractivity contribution in [2.45, 2.75) is 81.4 Å². The van der Waals surface area contributed by atoms with Crippen molar-refractivity contribution < 1.29 is 4.74 Å². The van der Waals surface area contributed by atoms with E-state index in [2.05, 4.69) is 38.1 Å². The lowest BCUT2D eigenvalue weighted by Gasteiger charge is -2.45. The second-order valence-electron chi connectivity index (χ2n) is 9.77. The molecule has 1 saturated carbocycles. The summed E-state index contributed by atoms with van der Waals surface area (Å²) in [6.45, 7) is 8.26. The molecule has 0 spiro atoms. The van der Waals surface area contributed by atoms with Crippen LogP contribution in [-0.4, -0.2) is 106 Å². The van der Waals surface area contributed by atoms with Crippen LogP contribution in [0, 0.1) is 0 Å². The number of ether oxygens (including phenoxy) is 1. The number of hydrogen-bond acceptors (Lipinski definition) is 7. The van der Waals surface area contributed by atoms with Crippen LogP contribution in [0.3, 0.4) is 0 Å². The Bertz CT molecular complexity index is 480. The SMILES string of the molecule is COC1CC(N2CCN(C)CC2)CCC1NC1CC(NC2CCNCC2)CCN1. The normalized spacial score (nSPS) is 38.9. The molecule has 5 unspecified atom stereocenters. The lowest BCUT2D eigenvalue weighted by Crippen LogP contribution is -2.61. The van der Waals surface area contributed by atoms with Gasteiger partial charge in [-0.3, -0.25) is 10.2 Å². The van der Waals surface area contributed by atoms with Crippen LogP contribution in [0.1, 0.15) is 44.9 Å². The van der Waals surface area contributed by atoms with Crippen LogP contribution in [0.25, 0.3) is 0 Å². The number of piperidine rings is 2. The number of nitrogens with zero attached hydrogens (tertiary/aromatic N) is 2. The second kappa shape index (κ2) is 10.8. The number of rotatable bonds is 6. The Morgan fingerprint density at radius 1 is 0.828 bits per heavy atom. The molecule has 0 aromatic carbocycles. The van der Waals surface area contributed by atoms with Gasteiger partial charge in [-0.25, -0.2) is 0 Å². The van der Waals surface area contributed by atoms with Gasteiger partial charge in [0.05, 0.1) is 12.3 Å². The standard InChI is InChI=1S/C22H44N6O/c1-27-11-13-28(14-12-27)19-3-4-20(21(16-19)29-2)26-22-15-18(7-10-24-22)25-17-5-8-23-9-6-17/h17-26H,3-16H2,1-2H3. The zero-order valence-electron chi connectivity index (χ0n) is 18.7. The van der Waals surface area contributed by atoms with E-state index in [9.17, 15) is 0 Å². The highest BCUT2D eigenvalue weighted by molar-refractivity contribution is 4.94. The van der Waals surface area contributed by atoms with Crippen LogP contribution in [0.15, 0.2) is 0 Å². The summed E-state index contributed by atoms with van der Waals surface area (Å²) >= 11 is 0. The maximum atomic E-state index is 5.99. The minimum Gasteiger partial charge on any atom is -0.380 e. The average molecular weight is 409 g/mol. The Labute approximate surface area is 177 Å². The quantitative estimate of drug-likeness (QED) is 0.500. The van der Waals surface area contributed by atoms with Crippen LogP contribution in [0.2, 0.25) is 0 Å². The van der Waals surface area contributed by atoms with Gasteiger partial charge in [-0.1, -0.05) is 0 Å². The highest BCUT2D eigenvalue weighted by Gasteiger charge is 2.36. The highest BCUT2D eigenvalue weighted by Crippen LogP contribution is 2.27. The van der Waals surface area contributed by atoms with Crippen LogP contribution >= 0.6 is 0 Å². The third-order valence-electron chi connectivity index (χ3n) is 7.75. The van der Waals surface area contributed by atoms with Gasteiger partial charge in [0.25, 0.3) is 0 Å². The summed E-state index contributed by atoms with van der Waals surface area (Å²) in [6.07, 6.45) is 9.38. The fourth-order valence-corrected chi connectivity index (χ4v) is 5.85. The van der Waals surface area contributed by atoms with Gasteiger partial charge in [-0.15, -0.1) is 0 Å². The van der Waals surface area contributed by atoms with Crippen LogP contribution < -0.4 is 21.3 Å². The van der Waals surface area contributed by atoms with Crippen molar-refractivity contribution in [3.05, 3.63) is 0 Å². The molecule has 0 aromatic rings. The Morgan fingerprint density at radius 2 is 1.59 bits per heavy atom. The van der Waals surface area contributed by atoms with Gasteiger partial charge in [0.15, 0.2) is 0 Å². The molecular formula is C22H44N6O. The van der Waals surface area contributed by atoms with E-state index >= 15 is 0 Å². The molecule has 1 aliphatic carbocycles. The molecular weight excluding hydrogens is 364 g/mol. The van der Waals surface area contributed by atoms with E-state index < -0.39 is 0 Å². The van der Waals surface area contributed by atoms with Gasteiger partial charge >= 0.3 is 0 Å². The van der Waals surface area contributed by atoms with E-state index in [1.54, 1.807) is 0 Å². The Morgan fingerprint density at radius 3 is 2.34 bits per heavy atom. The molecule has 168 valence electrons. The molecule has 4 aliphatic rings. The van der Waals surface area contributed by atoms with Crippen LogP contribution in [-0.2, 0) is 4.74 Å². The molecule has 5 atom stereocenters. The molecule has 0 bridgehead atoms. The van der Waals surface area contributed by atoms with Crippen molar-refractivity contribution in [2.75, 3.05) is 60.0 Å². The average Bonchev–Trinajstić information content (AvgIpc) is 2.76. The molecule has 29 heavy (non-hydrogen) atoms. The first kappa shape index (κ1) is 21.9. The van der Waals surface area contributed by atoms with Crippen molar-refractivity contribution in [3.63, 3.8) is 0 Å². The minimum atomic E-state index is 0.327. The molecule has 3 heterocycles. The molecule has 0 radical (unpaired) electrons. The number of likely N-dealkylation sites (N-methyl/N-ethyl adjacent to an activating group) is 1. The van der Waals surface area contributed by atoms with Crippen molar-refractivity contribution in [3.8, 4) is 0 Å².